The second-order valence-electron chi connectivity index (χ2n) is 8.43. The Morgan fingerprint density at radius 3 is 2.61 bits per heavy atom. The summed E-state index contributed by atoms with van der Waals surface area (Å²) in [5, 5.41) is 9.12. The largest absolute Gasteiger partial charge is 0.497 e. The van der Waals surface area contributed by atoms with E-state index in [1.165, 1.54) is 5.69 Å². The number of carboxylic acids is 1. The van der Waals surface area contributed by atoms with Crippen molar-refractivity contribution in [2.75, 3.05) is 52.3 Å². The maximum atomic E-state index is 11.1. The molecule has 2 aliphatic rings. The van der Waals surface area contributed by atoms with Crippen molar-refractivity contribution in [3.63, 3.8) is 0 Å². The van der Waals surface area contributed by atoms with Gasteiger partial charge in [0.2, 0.25) is 0 Å². The molecule has 0 aromatic heterocycles. The third kappa shape index (κ3) is 5.17. The Balaban J connectivity index is 1.56. The molecule has 2 fully saturated rings. The monoisotopic (exact) mass is 389 g/mol. The molecule has 6 heteroatoms. The zero-order valence-electron chi connectivity index (χ0n) is 17.5. The van der Waals surface area contributed by atoms with E-state index in [2.05, 4.69) is 47.0 Å². The van der Waals surface area contributed by atoms with Crippen LogP contribution < -0.4 is 9.64 Å². The van der Waals surface area contributed by atoms with Gasteiger partial charge in [-0.05, 0) is 64.4 Å². The summed E-state index contributed by atoms with van der Waals surface area (Å²) in [6.45, 7) is 4.27. The number of hydrogen-bond donors (Lipinski definition) is 1. The van der Waals surface area contributed by atoms with Crippen molar-refractivity contribution in [2.24, 2.45) is 5.92 Å². The summed E-state index contributed by atoms with van der Waals surface area (Å²) in [4.78, 5) is 18.4. The summed E-state index contributed by atoms with van der Waals surface area (Å²) in [5.41, 5.74) is 1.24. The molecule has 0 saturated carbocycles. The number of anilines is 1. The van der Waals surface area contributed by atoms with Crippen molar-refractivity contribution in [3.05, 3.63) is 24.3 Å². The minimum atomic E-state index is -0.679. The van der Waals surface area contributed by atoms with Gasteiger partial charge < -0.3 is 19.6 Å². The Hall–Kier alpha value is -1.79. The van der Waals surface area contributed by atoms with Gasteiger partial charge in [-0.2, -0.15) is 0 Å². The summed E-state index contributed by atoms with van der Waals surface area (Å²) in [5.74, 6) is 0.671. The molecule has 0 radical (unpaired) electrons. The van der Waals surface area contributed by atoms with Gasteiger partial charge in [0, 0.05) is 49.9 Å². The van der Waals surface area contributed by atoms with E-state index >= 15 is 0 Å². The summed E-state index contributed by atoms with van der Waals surface area (Å²) < 4.78 is 5.36. The smallest absolute Gasteiger partial charge is 0.303 e. The summed E-state index contributed by atoms with van der Waals surface area (Å²) in [6.07, 6.45) is 4.51. The molecule has 156 valence electrons. The number of nitrogens with zero attached hydrogens (tertiary/aromatic N) is 3. The third-order valence-electron chi connectivity index (χ3n) is 6.52. The number of piperidine rings is 2. The van der Waals surface area contributed by atoms with Crippen molar-refractivity contribution < 1.29 is 14.6 Å². The molecule has 0 amide bonds. The lowest BCUT2D eigenvalue weighted by molar-refractivity contribution is -0.137. The van der Waals surface area contributed by atoms with Crippen LogP contribution in [0.5, 0.6) is 5.75 Å². The van der Waals surface area contributed by atoms with Crippen LogP contribution in [-0.2, 0) is 4.79 Å². The SMILES string of the molecule is COc1cccc(N2CCC(N3CC[C@H](N(C)C)[C@H](CCC(=O)O)C3)CC2)c1. The molecule has 0 bridgehead atoms. The lowest BCUT2D eigenvalue weighted by atomic mass is 9.86. The number of methoxy groups -OCH3 is 1. The zero-order valence-corrected chi connectivity index (χ0v) is 17.5. The van der Waals surface area contributed by atoms with Gasteiger partial charge in [-0.3, -0.25) is 9.69 Å². The van der Waals surface area contributed by atoms with Crippen LogP contribution in [0.25, 0.3) is 0 Å². The zero-order chi connectivity index (χ0) is 20.1. The number of likely N-dealkylation sites (tertiary alicyclic amines) is 1. The molecule has 2 atom stereocenters. The van der Waals surface area contributed by atoms with Gasteiger partial charge in [-0.1, -0.05) is 6.07 Å². The molecule has 1 aromatic rings. The minimum Gasteiger partial charge on any atom is -0.497 e. The van der Waals surface area contributed by atoms with Crippen molar-refractivity contribution in [2.45, 2.75) is 44.2 Å². The highest BCUT2D eigenvalue weighted by Crippen LogP contribution is 2.30. The van der Waals surface area contributed by atoms with Crippen LogP contribution in [-0.4, -0.2) is 80.3 Å². The molecule has 0 spiro atoms. The normalized spacial score (nSPS) is 24.5. The van der Waals surface area contributed by atoms with Crippen LogP contribution in [0.1, 0.15) is 32.1 Å². The van der Waals surface area contributed by atoms with Gasteiger partial charge in [0.05, 0.1) is 7.11 Å². The molecule has 2 heterocycles. The average molecular weight is 390 g/mol. The van der Waals surface area contributed by atoms with Gasteiger partial charge >= 0.3 is 5.97 Å². The second kappa shape index (κ2) is 9.61. The average Bonchev–Trinajstić information content (AvgIpc) is 2.72. The quantitative estimate of drug-likeness (QED) is 0.774. The molecule has 1 aromatic carbocycles. The summed E-state index contributed by atoms with van der Waals surface area (Å²) >= 11 is 0. The Labute approximate surface area is 169 Å². The number of hydrogen-bond acceptors (Lipinski definition) is 5. The highest BCUT2D eigenvalue weighted by Gasteiger charge is 2.34. The van der Waals surface area contributed by atoms with Crippen LogP contribution in [0.4, 0.5) is 5.69 Å². The van der Waals surface area contributed by atoms with E-state index in [0.717, 1.165) is 57.6 Å². The van der Waals surface area contributed by atoms with Gasteiger partial charge in [0.1, 0.15) is 5.75 Å². The minimum absolute atomic E-state index is 0.275. The Morgan fingerprint density at radius 2 is 1.96 bits per heavy atom. The van der Waals surface area contributed by atoms with Crippen LogP contribution in [0.15, 0.2) is 24.3 Å². The van der Waals surface area contributed by atoms with E-state index < -0.39 is 5.97 Å². The number of carbonyl (C=O) groups is 1. The molecule has 1 N–H and O–H groups in total. The van der Waals surface area contributed by atoms with E-state index in [0.29, 0.717) is 18.0 Å². The Bertz CT molecular complexity index is 644. The van der Waals surface area contributed by atoms with E-state index in [4.69, 9.17) is 9.84 Å². The standard InChI is InChI=1S/C22H35N3O3/c1-23(2)21-11-14-25(16-17(21)7-8-22(26)27)18-9-12-24(13-10-18)19-5-4-6-20(15-19)28-3/h4-6,15,17-18,21H,7-14,16H2,1-3H3,(H,26,27)/t17-,21+/m1/s1. The second-order valence-corrected chi connectivity index (χ2v) is 8.43. The van der Waals surface area contributed by atoms with Crippen LogP contribution in [0.3, 0.4) is 0 Å². The van der Waals surface area contributed by atoms with Gasteiger partial charge in [-0.25, -0.2) is 0 Å². The molecule has 3 rings (SSSR count). The first kappa shape index (κ1) is 20.9. The van der Waals surface area contributed by atoms with Crippen molar-refractivity contribution in [3.8, 4) is 5.75 Å². The van der Waals surface area contributed by atoms with Crippen molar-refractivity contribution >= 4 is 11.7 Å². The highest BCUT2D eigenvalue weighted by molar-refractivity contribution is 5.66. The maximum Gasteiger partial charge on any atom is 0.303 e. The first-order valence-electron chi connectivity index (χ1n) is 10.5. The van der Waals surface area contributed by atoms with Crippen molar-refractivity contribution in [1.82, 2.24) is 9.80 Å². The number of benzene rings is 1. The fourth-order valence-electron chi connectivity index (χ4n) is 4.95. The van der Waals surface area contributed by atoms with E-state index in [-0.39, 0.29) is 6.42 Å². The van der Waals surface area contributed by atoms with E-state index in [1.807, 2.05) is 6.07 Å². The Kier molecular flexibility index (Phi) is 7.18. The predicted molar refractivity (Wildman–Crippen MR) is 112 cm³/mol. The lowest BCUT2D eigenvalue weighted by Gasteiger charge is -2.47. The van der Waals surface area contributed by atoms with Crippen LogP contribution in [0.2, 0.25) is 0 Å². The maximum absolute atomic E-state index is 11.1. The number of aliphatic carboxylic acids is 1. The summed E-state index contributed by atoms with van der Waals surface area (Å²) in [6, 6.07) is 9.42. The van der Waals surface area contributed by atoms with Gasteiger partial charge in [0.15, 0.2) is 0 Å². The predicted octanol–water partition coefficient (Wildman–Crippen LogP) is 2.78. The molecule has 2 saturated heterocycles. The van der Waals surface area contributed by atoms with Gasteiger partial charge in [0.25, 0.3) is 0 Å². The van der Waals surface area contributed by atoms with Crippen LogP contribution in [0, 0.1) is 5.92 Å². The van der Waals surface area contributed by atoms with Crippen molar-refractivity contribution in [1.29, 1.82) is 0 Å². The molecule has 0 unspecified atom stereocenters. The van der Waals surface area contributed by atoms with E-state index in [9.17, 15) is 4.79 Å². The fourth-order valence-corrected chi connectivity index (χ4v) is 4.95. The highest BCUT2D eigenvalue weighted by atomic mass is 16.5. The first-order valence-corrected chi connectivity index (χ1v) is 10.5. The number of ether oxygens (including phenoxy) is 1. The first-order chi connectivity index (χ1) is 13.5. The molecule has 0 aliphatic carbocycles. The van der Waals surface area contributed by atoms with Crippen LogP contribution >= 0.6 is 0 Å². The number of rotatable bonds is 7. The molecular weight excluding hydrogens is 354 g/mol. The molecule has 2 aliphatic heterocycles. The molecule has 28 heavy (non-hydrogen) atoms. The Morgan fingerprint density at radius 1 is 1.21 bits per heavy atom. The summed E-state index contributed by atoms with van der Waals surface area (Å²) in [7, 11) is 5.96. The molecule has 6 nitrogen and oxygen atoms in total. The topological polar surface area (TPSA) is 56.2 Å². The third-order valence-corrected chi connectivity index (χ3v) is 6.52. The van der Waals surface area contributed by atoms with Gasteiger partial charge in [-0.15, -0.1) is 0 Å². The number of carboxylic acid groups (broad SMARTS) is 1. The lowest BCUT2D eigenvalue weighted by Crippen LogP contribution is -2.54. The van der Waals surface area contributed by atoms with E-state index in [1.54, 1.807) is 7.11 Å². The molecular formula is C22H35N3O3. The fraction of sp³-hybridized carbons (Fsp3) is 0.682.